The minimum Gasteiger partial charge on any atom is -0.496 e. The third-order valence-corrected chi connectivity index (χ3v) is 4.24. The van der Waals surface area contributed by atoms with Crippen molar-refractivity contribution in [2.45, 2.75) is 19.2 Å². The summed E-state index contributed by atoms with van der Waals surface area (Å²) in [7, 11) is 1.67. The van der Waals surface area contributed by atoms with E-state index >= 15 is 0 Å². The Hall–Kier alpha value is -0.990. The predicted octanol–water partition coefficient (Wildman–Crippen LogP) is 5.40. The second-order valence-corrected chi connectivity index (χ2v) is 5.92. The summed E-state index contributed by atoms with van der Waals surface area (Å²) in [5.74, 6) is 0.818. The Balaban J connectivity index is 2.49. The summed E-state index contributed by atoms with van der Waals surface area (Å²) in [5, 5.41) is -0.232. The van der Waals surface area contributed by atoms with E-state index in [-0.39, 0.29) is 5.38 Å². The van der Waals surface area contributed by atoms with Crippen LogP contribution in [0.5, 0.6) is 5.75 Å². The molecule has 0 aliphatic rings. The van der Waals surface area contributed by atoms with Crippen molar-refractivity contribution in [1.82, 2.24) is 0 Å². The Morgan fingerprint density at radius 2 is 1.63 bits per heavy atom. The van der Waals surface area contributed by atoms with Crippen LogP contribution in [0.4, 0.5) is 0 Å². The maximum atomic E-state index is 6.64. The molecule has 2 aromatic carbocycles. The van der Waals surface area contributed by atoms with Gasteiger partial charge in [-0.2, -0.15) is 0 Å². The van der Waals surface area contributed by atoms with Crippen molar-refractivity contribution in [3.05, 3.63) is 63.1 Å². The Morgan fingerprint density at radius 3 is 2.26 bits per heavy atom. The standard InChI is InChI=1S/C16H16BrClO/c1-10-5-7-15(19-3)13(8-10)16(18)12-6-4-11(2)9-14(12)17/h4-9,16H,1-3H3. The molecule has 0 fully saturated rings. The van der Waals surface area contributed by atoms with E-state index in [4.69, 9.17) is 16.3 Å². The molecule has 0 aliphatic carbocycles. The average Bonchev–Trinajstić information content (AvgIpc) is 2.38. The number of ether oxygens (including phenoxy) is 1. The summed E-state index contributed by atoms with van der Waals surface area (Å²) in [6.07, 6.45) is 0. The molecule has 0 heterocycles. The molecule has 0 aromatic heterocycles. The van der Waals surface area contributed by atoms with Crippen LogP contribution in [-0.4, -0.2) is 7.11 Å². The first-order valence-corrected chi connectivity index (χ1v) is 7.30. The third-order valence-electron chi connectivity index (χ3n) is 3.09. The molecule has 0 N–H and O–H groups in total. The number of hydrogen-bond donors (Lipinski definition) is 0. The Kier molecular flexibility index (Phi) is 4.54. The van der Waals surface area contributed by atoms with E-state index < -0.39 is 0 Å². The molecule has 0 bridgehead atoms. The lowest BCUT2D eigenvalue weighted by Gasteiger charge is -2.16. The van der Waals surface area contributed by atoms with Crippen LogP contribution < -0.4 is 4.74 Å². The van der Waals surface area contributed by atoms with Crippen LogP contribution >= 0.6 is 27.5 Å². The smallest absolute Gasteiger partial charge is 0.123 e. The number of methoxy groups -OCH3 is 1. The minimum atomic E-state index is -0.232. The fraction of sp³-hybridized carbons (Fsp3) is 0.250. The van der Waals surface area contributed by atoms with Gasteiger partial charge in [-0.05, 0) is 37.1 Å². The largest absolute Gasteiger partial charge is 0.496 e. The molecule has 0 amide bonds. The lowest BCUT2D eigenvalue weighted by molar-refractivity contribution is 0.410. The molecule has 0 radical (unpaired) electrons. The van der Waals surface area contributed by atoms with Gasteiger partial charge in [0.1, 0.15) is 5.75 Å². The van der Waals surface area contributed by atoms with Gasteiger partial charge in [0, 0.05) is 10.0 Å². The highest BCUT2D eigenvalue weighted by Crippen LogP contribution is 2.38. The lowest BCUT2D eigenvalue weighted by Crippen LogP contribution is -1.99. The van der Waals surface area contributed by atoms with Crippen LogP contribution in [-0.2, 0) is 0 Å². The van der Waals surface area contributed by atoms with Crippen molar-refractivity contribution in [1.29, 1.82) is 0 Å². The van der Waals surface area contributed by atoms with Gasteiger partial charge in [0.25, 0.3) is 0 Å². The molecule has 1 atom stereocenters. The monoisotopic (exact) mass is 338 g/mol. The molecule has 0 saturated heterocycles. The summed E-state index contributed by atoms with van der Waals surface area (Å²) < 4.78 is 6.43. The molecule has 0 aliphatic heterocycles. The Labute approximate surface area is 127 Å². The molecular weight excluding hydrogens is 324 g/mol. The molecule has 100 valence electrons. The molecule has 1 unspecified atom stereocenters. The first kappa shape index (κ1) is 14.4. The number of hydrogen-bond acceptors (Lipinski definition) is 1. The molecule has 0 spiro atoms. The zero-order valence-corrected chi connectivity index (χ0v) is 13.5. The van der Waals surface area contributed by atoms with Crippen molar-refractivity contribution in [2.75, 3.05) is 7.11 Å². The van der Waals surface area contributed by atoms with E-state index in [2.05, 4.69) is 54.0 Å². The molecule has 19 heavy (non-hydrogen) atoms. The van der Waals surface area contributed by atoms with Gasteiger partial charge in [0.05, 0.1) is 12.5 Å². The molecule has 0 saturated carbocycles. The van der Waals surface area contributed by atoms with E-state index in [1.807, 2.05) is 12.1 Å². The Bertz CT molecular complexity index is 595. The first-order valence-electron chi connectivity index (χ1n) is 6.07. The zero-order valence-electron chi connectivity index (χ0n) is 11.2. The van der Waals surface area contributed by atoms with Crippen molar-refractivity contribution < 1.29 is 4.74 Å². The summed E-state index contributed by atoms with van der Waals surface area (Å²) in [6.45, 7) is 4.11. The molecule has 2 rings (SSSR count). The third kappa shape index (κ3) is 3.13. The van der Waals surface area contributed by atoms with Crippen LogP contribution in [0, 0.1) is 13.8 Å². The van der Waals surface area contributed by atoms with Gasteiger partial charge in [0.15, 0.2) is 0 Å². The van der Waals surface area contributed by atoms with Gasteiger partial charge in [-0.15, -0.1) is 11.6 Å². The summed E-state index contributed by atoms with van der Waals surface area (Å²) in [5.41, 5.74) is 4.42. The van der Waals surface area contributed by atoms with E-state index in [0.29, 0.717) is 0 Å². The minimum absolute atomic E-state index is 0.232. The SMILES string of the molecule is COc1ccc(C)cc1C(Cl)c1ccc(C)cc1Br. The van der Waals surface area contributed by atoms with Crippen LogP contribution in [0.25, 0.3) is 0 Å². The number of halogens is 2. The number of rotatable bonds is 3. The Morgan fingerprint density at radius 1 is 1.00 bits per heavy atom. The summed E-state index contributed by atoms with van der Waals surface area (Å²) in [4.78, 5) is 0. The molecule has 2 aromatic rings. The topological polar surface area (TPSA) is 9.23 Å². The highest BCUT2D eigenvalue weighted by atomic mass is 79.9. The average molecular weight is 340 g/mol. The van der Waals surface area contributed by atoms with Gasteiger partial charge >= 0.3 is 0 Å². The van der Waals surface area contributed by atoms with Crippen LogP contribution in [0.1, 0.15) is 27.6 Å². The zero-order chi connectivity index (χ0) is 14.0. The van der Waals surface area contributed by atoms with E-state index in [0.717, 1.165) is 21.3 Å². The van der Waals surface area contributed by atoms with E-state index in [9.17, 15) is 0 Å². The van der Waals surface area contributed by atoms with Crippen LogP contribution in [0.15, 0.2) is 40.9 Å². The maximum Gasteiger partial charge on any atom is 0.123 e. The van der Waals surface area contributed by atoms with Gasteiger partial charge in [-0.1, -0.05) is 45.8 Å². The van der Waals surface area contributed by atoms with Crippen molar-refractivity contribution in [3.8, 4) is 5.75 Å². The number of benzene rings is 2. The highest BCUT2D eigenvalue weighted by Gasteiger charge is 2.18. The maximum absolute atomic E-state index is 6.64. The lowest BCUT2D eigenvalue weighted by atomic mass is 10.0. The van der Waals surface area contributed by atoms with Gasteiger partial charge in [-0.3, -0.25) is 0 Å². The van der Waals surface area contributed by atoms with Crippen molar-refractivity contribution >= 4 is 27.5 Å². The van der Waals surface area contributed by atoms with Crippen molar-refractivity contribution in [2.24, 2.45) is 0 Å². The first-order chi connectivity index (χ1) is 9.02. The molecule has 1 nitrogen and oxygen atoms in total. The van der Waals surface area contributed by atoms with Crippen molar-refractivity contribution in [3.63, 3.8) is 0 Å². The van der Waals surface area contributed by atoms with E-state index in [1.165, 1.54) is 11.1 Å². The fourth-order valence-electron chi connectivity index (χ4n) is 2.06. The quantitative estimate of drug-likeness (QED) is 0.680. The second-order valence-electron chi connectivity index (χ2n) is 4.63. The van der Waals surface area contributed by atoms with E-state index in [1.54, 1.807) is 7.11 Å². The number of aryl methyl sites for hydroxylation is 2. The molecular formula is C16H16BrClO. The van der Waals surface area contributed by atoms with Crippen LogP contribution in [0.3, 0.4) is 0 Å². The highest BCUT2D eigenvalue weighted by molar-refractivity contribution is 9.10. The number of alkyl halides is 1. The predicted molar refractivity (Wildman–Crippen MR) is 84.3 cm³/mol. The second kappa shape index (κ2) is 5.98. The summed E-state index contributed by atoms with van der Waals surface area (Å²) >= 11 is 10.2. The summed E-state index contributed by atoms with van der Waals surface area (Å²) in [6, 6.07) is 12.3. The normalized spacial score (nSPS) is 12.3. The van der Waals surface area contributed by atoms with Crippen LogP contribution in [0.2, 0.25) is 0 Å². The molecule has 3 heteroatoms. The van der Waals surface area contributed by atoms with Gasteiger partial charge < -0.3 is 4.74 Å². The van der Waals surface area contributed by atoms with Gasteiger partial charge in [-0.25, -0.2) is 0 Å². The van der Waals surface area contributed by atoms with Gasteiger partial charge in [0.2, 0.25) is 0 Å². The fourth-order valence-corrected chi connectivity index (χ4v) is 3.27.